The summed E-state index contributed by atoms with van der Waals surface area (Å²) in [5, 5.41) is 11.4. The first-order chi connectivity index (χ1) is 13.1. The molecule has 0 bridgehead atoms. The summed E-state index contributed by atoms with van der Waals surface area (Å²) in [7, 11) is 3.14. The maximum Gasteiger partial charge on any atom is 0.289 e. The number of hydrogen-bond acceptors (Lipinski definition) is 5. The second kappa shape index (κ2) is 8.37. The zero-order valence-corrected chi connectivity index (χ0v) is 15.4. The van der Waals surface area contributed by atoms with Crippen molar-refractivity contribution >= 4 is 23.7 Å². The summed E-state index contributed by atoms with van der Waals surface area (Å²) in [6.45, 7) is 0. The average Bonchev–Trinajstić information content (AvgIpc) is 3.19. The Balaban J connectivity index is 1.71. The van der Waals surface area contributed by atoms with Gasteiger partial charge in [0.15, 0.2) is 0 Å². The number of ether oxygens (including phenoxy) is 2. The molecule has 0 aliphatic heterocycles. The van der Waals surface area contributed by atoms with Crippen LogP contribution in [-0.2, 0) is 0 Å². The molecule has 0 spiro atoms. The minimum atomic E-state index is -0.411. The van der Waals surface area contributed by atoms with Crippen LogP contribution < -0.4 is 14.9 Å². The Kier molecular flexibility index (Phi) is 5.73. The van der Waals surface area contributed by atoms with Crippen LogP contribution in [0.3, 0.4) is 0 Å². The largest absolute Gasteiger partial charge is 0.497 e. The smallest absolute Gasteiger partial charge is 0.289 e. The molecule has 3 aromatic rings. The molecule has 2 aromatic carbocycles. The molecule has 1 amide bonds. The third-order valence-electron chi connectivity index (χ3n) is 3.76. The van der Waals surface area contributed by atoms with Gasteiger partial charge in [-0.2, -0.15) is 10.2 Å². The molecule has 2 N–H and O–H groups in total. The van der Waals surface area contributed by atoms with Gasteiger partial charge in [-0.15, -0.1) is 0 Å². The Morgan fingerprint density at radius 2 is 1.93 bits per heavy atom. The molecule has 0 aliphatic rings. The van der Waals surface area contributed by atoms with Gasteiger partial charge in [0.25, 0.3) is 5.91 Å². The van der Waals surface area contributed by atoms with Gasteiger partial charge in [0.1, 0.15) is 17.2 Å². The summed E-state index contributed by atoms with van der Waals surface area (Å²) in [6.07, 6.45) is 1.53. The molecule has 27 heavy (non-hydrogen) atoms. The Morgan fingerprint density at radius 1 is 1.15 bits per heavy atom. The van der Waals surface area contributed by atoms with Crippen LogP contribution in [0, 0.1) is 0 Å². The SMILES string of the molecule is COc1ccc(-c2cc(C(=O)NN=Cc3ccc(Cl)cc3)[nH]n2)c(OC)c1. The summed E-state index contributed by atoms with van der Waals surface area (Å²) >= 11 is 5.83. The number of nitrogens with zero attached hydrogens (tertiary/aromatic N) is 2. The maximum absolute atomic E-state index is 12.2. The number of carbonyl (C=O) groups excluding carboxylic acids is 1. The van der Waals surface area contributed by atoms with E-state index < -0.39 is 5.91 Å². The van der Waals surface area contributed by atoms with Crippen LogP contribution >= 0.6 is 11.6 Å². The second-order valence-electron chi connectivity index (χ2n) is 5.48. The molecule has 0 aliphatic carbocycles. The molecule has 0 radical (unpaired) electrons. The van der Waals surface area contributed by atoms with Gasteiger partial charge in [0.05, 0.1) is 26.1 Å². The summed E-state index contributed by atoms with van der Waals surface area (Å²) < 4.78 is 10.5. The highest BCUT2D eigenvalue weighted by Crippen LogP contribution is 2.32. The first kappa shape index (κ1) is 18.5. The lowest BCUT2D eigenvalue weighted by atomic mass is 10.1. The topological polar surface area (TPSA) is 88.6 Å². The molecule has 0 atom stereocenters. The molecule has 1 heterocycles. The van der Waals surface area contributed by atoms with Crippen molar-refractivity contribution in [3.05, 3.63) is 64.8 Å². The number of hydrazone groups is 1. The van der Waals surface area contributed by atoms with Gasteiger partial charge in [-0.05, 0) is 35.9 Å². The third kappa shape index (κ3) is 4.45. The van der Waals surface area contributed by atoms with Gasteiger partial charge in [-0.3, -0.25) is 9.89 Å². The highest BCUT2D eigenvalue weighted by atomic mass is 35.5. The van der Waals surface area contributed by atoms with Crippen LogP contribution in [0.5, 0.6) is 11.5 Å². The lowest BCUT2D eigenvalue weighted by molar-refractivity contribution is 0.0950. The number of rotatable bonds is 6. The van der Waals surface area contributed by atoms with Crippen molar-refractivity contribution in [1.82, 2.24) is 15.6 Å². The number of methoxy groups -OCH3 is 2. The van der Waals surface area contributed by atoms with Crippen LogP contribution in [0.2, 0.25) is 5.02 Å². The molecule has 1 aromatic heterocycles. The number of aromatic amines is 1. The number of hydrogen-bond donors (Lipinski definition) is 2. The van der Waals surface area contributed by atoms with Crippen molar-refractivity contribution in [3.63, 3.8) is 0 Å². The Labute approximate surface area is 161 Å². The van der Waals surface area contributed by atoms with E-state index >= 15 is 0 Å². The fraction of sp³-hybridized carbons (Fsp3) is 0.105. The van der Waals surface area contributed by atoms with Gasteiger partial charge in [-0.25, -0.2) is 5.43 Å². The number of benzene rings is 2. The number of H-pyrrole nitrogens is 1. The highest BCUT2D eigenvalue weighted by molar-refractivity contribution is 6.30. The Hall–Kier alpha value is -3.32. The van der Waals surface area contributed by atoms with Crippen molar-refractivity contribution in [3.8, 4) is 22.8 Å². The standard InChI is InChI=1S/C19H17ClN4O3/c1-26-14-7-8-15(18(9-14)27-2)16-10-17(23-22-16)19(25)24-21-11-12-3-5-13(20)6-4-12/h3-11H,1-2H3,(H,22,23)(H,24,25). The molecule has 7 nitrogen and oxygen atoms in total. The van der Waals surface area contributed by atoms with Crippen molar-refractivity contribution in [1.29, 1.82) is 0 Å². The zero-order valence-electron chi connectivity index (χ0n) is 14.7. The van der Waals surface area contributed by atoms with E-state index in [9.17, 15) is 4.79 Å². The van der Waals surface area contributed by atoms with E-state index in [4.69, 9.17) is 21.1 Å². The van der Waals surface area contributed by atoms with E-state index in [1.54, 1.807) is 56.7 Å². The predicted octanol–water partition coefficient (Wildman–Crippen LogP) is 3.51. The first-order valence-corrected chi connectivity index (χ1v) is 8.35. The quantitative estimate of drug-likeness (QED) is 0.502. The summed E-state index contributed by atoms with van der Waals surface area (Å²) in [4.78, 5) is 12.2. The number of aromatic nitrogens is 2. The average molecular weight is 385 g/mol. The maximum atomic E-state index is 12.2. The van der Waals surface area contributed by atoms with E-state index in [0.717, 1.165) is 11.1 Å². The van der Waals surface area contributed by atoms with Crippen molar-refractivity contribution in [2.24, 2.45) is 5.10 Å². The van der Waals surface area contributed by atoms with Crippen LogP contribution in [-0.4, -0.2) is 36.5 Å². The number of halogens is 1. The normalized spacial score (nSPS) is 10.8. The van der Waals surface area contributed by atoms with Gasteiger partial charge < -0.3 is 9.47 Å². The van der Waals surface area contributed by atoms with E-state index in [-0.39, 0.29) is 5.69 Å². The third-order valence-corrected chi connectivity index (χ3v) is 4.01. The van der Waals surface area contributed by atoms with Crippen LogP contribution in [0.15, 0.2) is 53.6 Å². The number of nitrogens with one attached hydrogen (secondary N) is 2. The van der Waals surface area contributed by atoms with Crippen LogP contribution in [0.1, 0.15) is 16.1 Å². The number of carbonyl (C=O) groups is 1. The zero-order chi connectivity index (χ0) is 19.2. The highest BCUT2D eigenvalue weighted by Gasteiger charge is 2.14. The van der Waals surface area contributed by atoms with Crippen molar-refractivity contribution in [2.75, 3.05) is 14.2 Å². The predicted molar refractivity (Wildman–Crippen MR) is 104 cm³/mol. The molecular formula is C19H17ClN4O3. The molecule has 8 heteroatoms. The Morgan fingerprint density at radius 3 is 2.63 bits per heavy atom. The summed E-state index contributed by atoms with van der Waals surface area (Å²) in [5.74, 6) is 0.848. The van der Waals surface area contributed by atoms with Crippen LogP contribution in [0.4, 0.5) is 0 Å². The molecule has 0 saturated carbocycles. The lowest BCUT2D eigenvalue weighted by Crippen LogP contribution is -2.17. The van der Waals surface area contributed by atoms with Gasteiger partial charge in [0.2, 0.25) is 0 Å². The van der Waals surface area contributed by atoms with E-state index in [2.05, 4.69) is 20.7 Å². The molecule has 0 unspecified atom stereocenters. The fourth-order valence-corrected chi connectivity index (χ4v) is 2.49. The Bertz CT molecular complexity index is 967. The molecule has 3 rings (SSSR count). The van der Waals surface area contributed by atoms with Crippen LogP contribution in [0.25, 0.3) is 11.3 Å². The summed E-state index contributed by atoms with van der Waals surface area (Å²) in [6, 6.07) is 14.1. The lowest BCUT2D eigenvalue weighted by Gasteiger charge is -2.08. The first-order valence-electron chi connectivity index (χ1n) is 7.97. The molecular weight excluding hydrogens is 368 g/mol. The van der Waals surface area contributed by atoms with E-state index in [1.807, 2.05) is 6.07 Å². The van der Waals surface area contributed by atoms with E-state index in [1.165, 1.54) is 6.21 Å². The van der Waals surface area contributed by atoms with Gasteiger partial charge >= 0.3 is 0 Å². The minimum absolute atomic E-state index is 0.274. The van der Waals surface area contributed by atoms with Crippen molar-refractivity contribution < 1.29 is 14.3 Å². The van der Waals surface area contributed by atoms with Crippen molar-refractivity contribution in [2.45, 2.75) is 0 Å². The fourth-order valence-electron chi connectivity index (χ4n) is 2.36. The minimum Gasteiger partial charge on any atom is -0.497 e. The van der Waals surface area contributed by atoms with E-state index in [0.29, 0.717) is 22.2 Å². The van der Waals surface area contributed by atoms with Gasteiger partial charge in [-0.1, -0.05) is 23.7 Å². The van der Waals surface area contributed by atoms with Gasteiger partial charge in [0, 0.05) is 16.7 Å². The molecule has 138 valence electrons. The monoisotopic (exact) mass is 384 g/mol. The second-order valence-corrected chi connectivity index (χ2v) is 5.92. The molecule has 0 saturated heterocycles. The number of amides is 1. The molecule has 0 fully saturated rings. The summed E-state index contributed by atoms with van der Waals surface area (Å²) in [5.41, 5.74) is 4.84.